The molecule has 31 unspecified atom stereocenters. The number of carboxylic acids is 1. The Bertz CT molecular complexity index is 5500. The fourth-order valence-electron chi connectivity index (χ4n) is 17.1. The molecule has 6 amide bonds. The van der Waals surface area contributed by atoms with Gasteiger partial charge >= 0.3 is 5.97 Å². The van der Waals surface area contributed by atoms with Gasteiger partial charge in [-0.25, -0.2) is 4.79 Å². The van der Waals surface area contributed by atoms with Crippen molar-refractivity contribution in [3.8, 4) is 74.4 Å². The predicted molar refractivity (Wildman–Crippen MR) is 457 cm³/mol. The minimum Gasteiger partial charge on any atom is -0.508 e. The lowest BCUT2D eigenvalue weighted by Gasteiger charge is -2.44. The average molecular weight is 1910 g/mol. The summed E-state index contributed by atoms with van der Waals surface area (Å²) in [7, 11) is 1.34. The number of nitrogens with two attached hydrogens (primary N) is 2. The van der Waals surface area contributed by atoms with E-state index >= 15 is 28.8 Å². The normalized spacial score (nSPS) is 33.6. The molecule has 7 aromatic carbocycles. The molecule has 0 saturated carbocycles. The second-order valence-electron chi connectivity index (χ2n) is 33.9. The number of carbonyl (C=O) groups is 7. The Morgan fingerprint density at radius 3 is 1.70 bits per heavy atom. The molecule has 0 aliphatic carbocycles. The van der Waals surface area contributed by atoms with Gasteiger partial charge in [0, 0.05) is 60.2 Å². The van der Waals surface area contributed by atoms with Gasteiger partial charge in [0.05, 0.1) is 48.8 Å². The monoisotopic (exact) mass is 1910 g/mol. The summed E-state index contributed by atoms with van der Waals surface area (Å²) in [5, 5.41) is 208. The van der Waals surface area contributed by atoms with Crippen molar-refractivity contribution in [1.29, 1.82) is 0 Å². The number of aliphatic hydroxyl groups excluding tert-OH is 12. The number of fused-ring (bicyclic) bond motifs is 15. The van der Waals surface area contributed by atoms with E-state index in [4.69, 9.17) is 79.9 Å². The lowest BCUT2D eigenvalue weighted by atomic mass is 9.89. The zero-order chi connectivity index (χ0) is 96.9. The van der Waals surface area contributed by atoms with Crippen LogP contribution in [0.5, 0.6) is 63.2 Å². The largest absolute Gasteiger partial charge is 0.508 e. The van der Waals surface area contributed by atoms with Crippen LogP contribution in [0.1, 0.15) is 109 Å². The first-order chi connectivity index (χ1) is 64.3. The van der Waals surface area contributed by atoms with E-state index in [-0.39, 0.29) is 57.9 Å². The molecule has 10 aliphatic rings. The lowest BCUT2D eigenvalue weighted by molar-refractivity contribution is -0.330. The van der Waals surface area contributed by atoms with E-state index in [2.05, 4.69) is 37.2 Å². The molecule has 17 rings (SSSR count). The summed E-state index contributed by atoms with van der Waals surface area (Å²) in [6, 6.07) is 6.55. The number of rotatable bonds is 18. The van der Waals surface area contributed by atoms with Gasteiger partial charge in [0.2, 0.25) is 60.1 Å². The van der Waals surface area contributed by atoms with Crippen molar-refractivity contribution in [2.24, 2.45) is 11.5 Å². The van der Waals surface area contributed by atoms with E-state index in [1.165, 1.54) is 82.4 Å². The molecule has 0 radical (unpaired) electrons. The molecule has 10 aliphatic heterocycles. The highest BCUT2D eigenvalue weighted by Gasteiger charge is 2.53. The second kappa shape index (κ2) is 40.8. The number of halogens is 1. The Balaban J connectivity index is 0.960. The molecular formula is C89H102ClN9O36. The van der Waals surface area contributed by atoms with Crippen LogP contribution in [0.15, 0.2) is 127 Å². The van der Waals surface area contributed by atoms with Crippen LogP contribution in [0.25, 0.3) is 11.1 Å². The molecule has 5 saturated heterocycles. The Morgan fingerprint density at radius 2 is 1.07 bits per heavy atom. The van der Waals surface area contributed by atoms with Gasteiger partial charge in [-0.1, -0.05) is 54.1 Å². The topological polar surface area (TPSA) is 710 Å². The Kier molecular flexibility index (Phi) is 29.6. The summed E-state index contributed by atoms with van der Waals surface area (Å²) in [6.45, 7) is 2.30. The third kappa shape index (κ3) is 20.6. The highest BCUT2D eigenvalue weighted by Crippen LogP contribution is 2.51. The molecule has 0 spiro atoms. The molecular weight excluding hydrogens is 1810 g/mol. The first kappa shape index (κ1) is 98.0. The number of aliphatic carboxylic acids is 1. The van der Waals surface area contributed by atoms with Gasteiger partial charge in [0.1, 0.15) is 149 Å². The lowest BCUT2D eigenvalue weighted by Crippen LogP contribution is -2.62. The Morgan fingerprint density at radius 1 is 0.504 bits per heavy atom. The maximum atomic E-state index is 16.8. The van der Waals surface area contributed by atoms with Crippen LogP contribution in [-0.4, -0.2) is 302 Å². The number of hydrogen-bond donors (Lipinski definition) is 26. The van der Waals surface area contributed by atoms with E-state index in [1.54, 1.807) is 0 Å². The molecule has 31 atom stereocenters. The van der Waals surface area contributed by atoms with Crippen molar-refractivity contribution in [2.45, 2.75) is 230 Å². The SMILES string of the molecule is CNC(C(=O)NC1C(=O)NC(c2ccc(O)cc2)C(=O)NC2C(=O)NC3C(=O)NC(Cc4cc(Cl)c(cc4OC4CC(N)C(O)C(C)O4)Oc4cc2cc(c4OC2OC(CO)C(O)C(O)C2OC2CC(N)C(O)C(C)O2)Oc2ccc(cc2)C1OC1OC(CO)C(O)C(O)C1O)C(=O)NC(C(=O)O)c1cc(O)cc(O)c1-c1cc3ccc1O)c1ccc(OC2OC(C)C(O)C(O)C2O)cc1. The number of ether oxygens (including phenoxy) is 12. The van der Waals surface area contributed by atoms with Crippen LogP contribution >= 0.6 is 11.6 Å². The first-order valence-electron chi connectivity index (χ1n) is 42.9. The van der Waals surface area contributed by atoms with Crippen molar-refractivity contribution in [3.63, 3.8) is 0 Å². The number of benzene rings is 7. The summed E-state index contributed by atoms with van der Waals surface area (Å²) in [4.78, 5) is 111. The highest BCUT2D eigenvalue weighted by atomic mass is 35.5. The van der Waals surface area contributed by atoms with E-state index < -0.39 is 324 Å². The van der Waals surface area contributed by atoms with Crippen LogP contribution in [0.2, 0.25) is 5.02 Å². The van der Waals surface area contributed by atoms with Gasteiger partial charge in [-0.3, -0.25) is 28.8 Å². The molecule has 10 heterocycles. The quantitative estimate of drug-likeness (QED) is 0.0417. The average Bonchev–Trinajstić information content (AvgIpc) is 0.741. The number of hydrogen-bond acceptors (Lipinski definition) is 38. The molecule has 726 valence electrons. The summed E-state index contributed by atoms with van der Waals surface area (Å²) in [5.74, 6) is -16.1. The van der Waals surface area contributed by atoms with Gasteiger partial charge in [0.15, 0.2) is 36.2 Å². The fraction of sp³-hybridized carbons (Fsp3) is 0.449. The number of aromatic hydroxyl groups is 4. The summed E-state index contributed by atoms with van der Waals surface area (Å²) < 4.78 is 76.2. The number of likely N-dealkylation sites (N-methyl/N-ethyl adjacent to an activating group) is 1. The molecule has 7 aromatic rings. The van der Waals surface area contributed by atoms with E-state index in [0.29, 0.717) is 0 Å². The second-order valence-corrected chi connectivity index (χ2v) is 34.3. The molecule has 11 bridgehead atoms. The number of carbonyl (C=O) groups excluding carboxylic acids is 6. The number of phenolic OH excluding ortho intramolecular Hbond substituents is 4. The standard InChI is InChI=1S/C89H102ClN9O36/c1-31-67(106)47(91)26-58(124-31)130-52-28-53-46(90)20-38(52)21-49-80(116)98-65(86(122)123)45-24-41(103)25-51(105)60(45)44-19-37(11-18-50(44)104)63(82(118)94-49)96-84(120)64-39-22-54(78(55(23-39)129-53)135-89-79(74(113)71(110)57(30-101)132-89)133-59-27-48(92)68(107)32(2)125-59)127-42-16-9-36(10-17-42)77(134-88-76(115)73(112)70(109)56(29-100)131-88)66(85(121)95-62(83(119)97-64)35-5-12-40(102)13-6-35)99-81(117)61(93-4)34-7-14-43(15-8-34)128-87-75(114)72(111)69(108)33(3)126-87/h5-20,22-25,28,31-33,47-49,56-59,61-77,79,87-89,93,100-115H,21,26-27,29-30,91-92H2,1-4H3,(H,94,118)(H,95,121)(H,96,120)(H,97,119)(H,98,116)(H,99,117)(H,122,123). The zero-order valence-electron chi connectivity index (χ0n) is 71.9. The smallest absolute Gasteiger partial charge is 0.330 e. The molecule has 46 heteroatoms. The number of amides is 6. The van der Waals surface area contributed by atoms with Crippen molar-refractivity contribution >= 4 is 53.0 Å². The Hall–Kier alpha value is -11.6. The number of nitrogens with one attached hydrogen (secondary N) is 7. The molecule has 45 nitrogen and oxygen atoms in total. The number of phenols is 4. The summed E-state index contributed by atoms with van der Waals surface area (Å²) in [5.41, 5.74) is 9.85. The van der Waals surface area contributed by atoms with Gasteiger partial charge in [-0.05, 0) is 134 Å². The Labute approximate surface area is 771 Å². The van der Waals surface area contributed by atoms with E-state index in [9.17, 15) is 91.6 Å². The van der Waals surface area contributed by atoms with Crippen LogP contribution in [-0.2, 0) is 73.1 Å². The van der Waals surface area contributed by atoms with Crippen molar-refractivity contribution in [1.82, 2.24) is 37.2 Å². The predicted octanol–water partition coefficient (Wildman–Crippen LogP) is -2.67. The van der Waals surface area contributed by atoms with E-state index in [1.807, 2.05) is 0 Å². The highest BCUT2D eigenvalue weighted by molar-refractivity contribution is 6.32. The van der Waals surface area contributed by atoms with Crippen LogP contribution in [0, 0.1) is 0 Å². The molecule has 5 fully saturated rings. The van der Waals surface area contributed by atoms with Gasteiger partial charge in [0.25, 0.3) is 0 Å². The van der Waals surface area contributed by atoms with Crippen LogP contribution in [0.4, 0.5) is 0 Å². The minimum atomic E-state index is -2.45. The van der Waals surface area contributed by atoms with Gasteiger partial charge < -0.3 is 192 Å². The van der Waals surface area contributed by atoms with Crippen molar-refractivity contribution in [2.75, 3.05) is 20.3 Å². The summed E-state index contributed by atoms with van der Waals surface area (Å²) in [6.07, 6.45) is -38.8. The first-order valence-corrected chi connectivity index (χ1v) is 43.2. The summed E-state index contributed by atoms with van der Waals surface area (Å²) >= 11 is 7.44. The van der Waals surface area contributed by atoms with Gasteiger partial charge in [-0.2, -0.15) is 0 Å². The molecule has 0 aromatic heterocycles. The van der Waals surface area contributed by atoms with E-state index in [0.717, 1.165) is 72.8 Å². The number of carboxylic acid groups (broad SMARTS) is 1. The van der Waals surface area contributed by atoms with Gasteiger partial charge in [-0.15, -0.1) is 0 Å². The maximum Gasteiger partial charge on any atom is 0.330 e. The van der Waals surface area contributed by atoms with Crippen molar-refractivity contribution in [3.05, 3.63) is 171 Å². The van der Waals surface area contributed by atoms with Crippen LogP contribution in [0.3, 0.4) is 0 Å². The fourth-order valence-corrected chi connectivity index (χ4v) is 17.4. The minimum absolute atomic E-state index is 0.00345. The third-order valence-corrected chi connectivity index (χ3v) is 24.9. The number of aliphatic hydroxyl groups is 12. The van der Waals surface area contributed by atoms with Crippen molar-refractivity contribution < 1.29 is 177 Å². The van der Waals surface area contributed by atoms with Crippen LogP contribution < -0.4 is 72.4 Å². The maximum absolute atomic E-state index is 16.8. The molecule has 135 heavy (non-hydrogen) atoms. The zero-order valence-corrected chi connectivity index (χ0v) is 72.7. The third-order valence-electron chi connectivity index (χ3n) is 24.6. The molecule has 28 N–H and O–H groups in total.